The van der Waals surface area contributed by atoms with Crippen LogP contribution in [-0.2, 0) is 9.53 Å². The largest absolute Gasteiger partial charge is 0.484 e. The fraction of sp³-hybridized carbons (Fsp3) is 0.406. The highest BCUT2D eigenvalue weighted by molar-refractivity contribution is 5.78. The summed E-state index contributed by atoms with van der Waals surface area (Å²) >= 11 is 0. The monoisotopic (exact) mass is 534 g/mol. The van der Waals surface area contributed by atoms with Gasteiger partial charge in [0.1, 0.15) is 17.4 Å². The molecule has 3 aromatic rings. The van der Waals surface area contributed by atoms with Gasteiger partial charge in [-0.25, -0.2) is 8.78 Å². The van der Waals surface area contributed by atoms with Crippen LogP contribution in [0.25, 0.3) is 0 Å². The van der Waals surface area contributed by atoms with E-state index in [-0.39, 0.29) is 36.2 Å². The van der Waals surface area contributed by atoms with E-state index in [0.29, 0.717) is 56.1 Å². The normalized spacial score (nSPS) is 21.7. The van der Waals surface area contributed by atoms with Gasteiger partial charge in [-0.3, -0.25) is 4.79 Å². The van der Waals surface area contributed by atoms with Gasteiger partial charge >= 0.3 is 0 Å². The number of rotatable bonds is 7. The second-order valence-electron chi connectivity index (χ2n) is 10.8. The number of benzene rings is 3. The van der Waals surface area contributed by atoms with Gasteiger partial charge in [-0.1, -0.05) is 50.2 Å². The van der Waals surface area contributed by atoms with E-state index in [1.807, 2.05) is 47.4 Å². The number of hydrogen-bond donors (Lipinski definition) is 0. The Bertz CT molecular complexity index is 1240. The Morgan fingerprint density at radius 2 is 1.59 bits per heavy atom. The summed E-state index contributed by atoms with van der Waals surface area (Å²) in [6.07, 6.45) is 0.952. The Kier molecular flexibility index (Phi) is 8.46. The van der Waals surface area contributed by atoms with Crippen molar-refractivity contribution in [2.45, 2.75) is 32.3 Å². The molecule has 5 nitrogen and oxygen atoms in total. The fourth-order valence-electron chi connectivity index (χ4n) is 5.69. The molecule has 2 saturated heterocycles. The first kappa shape index (κ1) is 27.1. The Hall–Kier alpha value is -3.45. The van der Waals surface area contributed by atoms with Crippen molar-refractivity contribution in [1.29, 1.82) is 0 Å². The molecule has 3 aromatic carbocycles. The third-order valence-electron chi connectivity index (χ3n) is 8.02. The van der Waals surface area contributed by atoms with E-state index in [9.17, 15) is 13.6 Å². The number of ether oxygens (including phenoxy) is 2. The zero-order valence-corrected chi connectivity index (χ0v) is 22.6. The second kappa shape index (κ2) is 12.2. The number of piperazine rings is 1. The lowest BCUT2D eigenvalue weighted by Crippen LogP contribution is -2.50. The second-order valence-corrected chi connectivity index (χ2v) is 10.8. The van der Waals surface area contributed by atoms with Gasteiger partial charge in [0, 0.05) is 32.1 Å². The molecule has 1 amide bonds. The zero-order valence-electron chi connectivity index (χ0n) is 22.6. The minimum Gasteiger partial charge on any atom is -0.484 e. The highest BCUT2D eigenvalue weighted by Crippen LogP contribution is 2.43. The maximum absolute atomic E-state index is 14.1. The maximum Gasteiger partial charge on any atom is 0.260 e. The molecule has 0 radical (unpaired) electrons. The van der Waals surface area contributed by atoms with Crippen molar-refractivity contribution in [2.75, 3.05) is 44.3 Å². The molecule has 0 N–H and O–H groups in total. The Labute approximate surface area is 229 Å². The lowest BCUT2D eigenvalue weighted by molar-refractivity contribution is -0.133. The fourth-order valence-corrected chi connectivity index (χ4v) is 5.69. The summed E-state index contributed by atoms with van der Waals surface area (Å²) < 4.78 is 39.7. The smallest absolute Gasteiger partial charge is 0.260 e. The van der Waals surface area contributed by atoms with Crippen LogP contribution in [0.15, 0.2) is 72.8 Å². The molecule has 0 spiro atoms. The molecule has 2 fully saturated rings. The highest BCUT2D eigenvalue weighted by Gasteiger charge is 2.35. The quantitative estimate of drug-likeness (QED) is 0.362. The number of nitrogens with zero attached hydrogens (tertiary/aromatic N) is 2. The maximum atomic E-state index is 14.1. The van der Waals surface area contributed by atoms with Gasteiger partial charge in [-0.15, -0.1) is 0 Å². The average molecular weight is 535 g/mol. The van der Waals surface area contributed by atoms with Gasteiger partial charge in [0.25, 0.3) is 5.91 Å². The van der Waals surface area contributed by atoms with E-state index in [4.69, 9.17) is 9.47 Å². The predicted molar refractivity (Wildman–Crippen MR) is 148 cm³/mol. The predicted octanol–water partition coefficient (Wildman–Crippen LogP) is 6.21. The molecule has 0 unspecified atom stereocenters. The first-order valence-electron chi connectivity index (χ1n) is 13.8. The third-order valence-corrected chi connectivity index (χ3v) is 8.02. The molecule has 5 rings (SSSR count). The number of hydrogen-bond acceptors (Lipinski definition) is 4. The van der Waals surface area contributed by atoms with Crippen LogP contribution in [0.2, 0.25) is 0 Å². The summed E-state index contributed by atoms with van der Waals surface area (Å²) in [6.45, 7) is 7.22. The molecule has 0 bridgehead atoms. The van der Waals surface area contributed by atoms with Gasteiger partial charge < -0.3 is 19.3 Å². The van der Waals surface area contributed by atoms with Crippen LogP contribution in [-0.4, -0.2) is 50.2 Å². The lowest BCUT2D eigenvalue weighted by Gasteiger charge is -2.39. The van der Waals surface area contributed by atoms with Crippen LogP contribution in [0, 0.1) is 23.5 Å². The Balaban J connectivity index is 1.13. The third kappa shape index (κ3) is 6.41. The summed E-state index contributed by atoms with van der Waals surface area (Å²) in [6, 6.07) is 21.3. The SMILES string of the molecule is CC(C)[C@@H]1C[C@H](c2ccc(F)cc2)CO[C@H]1c1ccc(OCC(=O)N2CCN(c3ccccc3F)CC2)cc1. The van der Waals surface area contributed by atoms with E-state index in [1.165, 1.54) is 18.2 Å². The summed E-state index contributed by atoms with van der Waals surface area (Å²) in [5.74, 6) is 1.09. The molecule has 2 aliphatic rings. The minimum absolute atomic E-state index is 0.0249. The van der Waals surface area contributed by atoms with Crippen molar-refractivity contribution in [3.05, 3.63) is 95.6 Å². The number of carbonyl (C=O) groups is 1. The molecular formula is C32H36F2N2O3. The molecule has 7 heteroatoms. The summed E-state index contributed by atoms with van der Waals surface area (Å²) in [5.41, 5.74) is 2.78. The lowest BCUT2D eigenvalue weighted by atomic mass is 9.76. The molecule has 0 aromatic heterocycles. The van der Waals surface area contributed by atoms with E-state index in [1.54, 1.807) is 17.0 Å². The van der Waals surface area contributed by atoms with Crippen molar-refractivity contribution in [3.63, 3.8) is 0 Å². The molecule has 2 heterocycles. The van der Waals surface area contributed by atoms with Crippen LogP contribution >= 0.6 is 0 Å². The molecule has 0 aliphatic carbocycles. The zero-order chi connectivity index (χ0) is 27.4. The van der Waals surface area contributed by atoms with Crippen molar-refractivity contribution in [1.82, 2.24) is 4.90 Å². The highest BCUT2D eigenvalue weighted by atomic mass is 19.1. The summed E-state index contributed by atoms with van der Waals surface area (Å²) in [4.78, 5) is 16.5. The first-order chi connectivity index (χ1) is 18.9. The topological polar surface area (TPSA) is 42.0 Å². The number of para-hydroxylation sites is 1. The minimum atomic E-state index is -0.241. The standard InChI is InChI=1S/C32H36F2N2O3/c1-22(2)28-19-25(23-7-11-26(33)12-8-23)20-39-32(28)24-9-13-27(14-10-24)38-21-31(37)36-17-15-35(16-18-36)30-6-4-3-5-29(30)34/h3-14,22,25,28,32H,15-21H2,1-2H3/t25-,28-,32-/m0/s1. The van der Waals surface area contributed by atoms with Crippen molar-refractivity contribution in [2.24, 2.45) is 11.8 Å². The van der Waals surface area contributed by atoms with Crippen molar-refractivity contribution < 1.29 is 23.0 Å². The van der Waals surface area contributed by atoms with Crippen LogP contribution < -0.4 is 9.64 Å². The van der Waals surface area contributed by atoms with E-state index >= 15 is 0 Å². The number of halogens is 2. The van der Waals surface area contributed by atoms with Gasteiger partial charge in [-0.2, -0.15) is 0 Å². The van der Waals surface area contributed by atoms with Crippen LogP contribution in [0.3, 0.4) is 0 Å². The number of anilines is 1. The van der Waals surface area contributed by atoms with E-state index < -0.39 is 0 Å². The van der Waals surface area contributed by atoms with E-state index in [0.717, 1.165) is 17.5 Å². The summed E-state index contributed by atoms with van der Waals surface area (Å²) in [7, 11) is 0. The van der Waals surface area contributed by atoms with Gasteiger partial charge in [0.05, 0.1) is 18.4 Å². The van der Waals surface area contributed by atoms with Crippen LogP contribution in [0.4, 0.5) is 14.5 Å². The van der Waals surface area contributed by atoms with Crippen molar-refractivity contribution in [3.8, 4) is 5.75 Å². The van der Waals surface area contributed by atoms with Crippen LogP contribution in [0.5, 0.6) is 5.75 Å². The Morgan fingerprint density at radius 1 is 0.923 bits per heavy atom. The number of amides is 1. The Morgan fingerprint density at radius 3 is 2.26 bits per heavy atom. The van der Waals surface area contributed by atoms with Crippen LogP contribution in [0.1, 0.15) is 43.4 Å². The first-order valence-corrected chi connectivity index (χ1v) is 13.8. The molecule has 206 valence electrons. The molecule has 3 atom stereocenters. The van der Waals surface area contributed by atoms with Gasteiger partial charge in [0.15, 0.2) is 6.61 Å². The molecule has 39 heavy (non-hydrogen) atoms. The van der Waals surface area contributed by atoms with E-state index in [2.05, 4.69) is 13.8 Å². The number of carbonyl (C=O) groups excluding carboxylic acids is 1. The molecular weight excluding hydrogens is 498 g/mol. The summed E-state index contributed by atoms with van der Waals surface area (Å²) in [5, 5.41) is 0. The van der Waals surface area contributed by atoms with Gasteiger partial charge in [0.2, 0.25) is 0 Å². The average Bonchev–Trinajstić information content (AvgIpc) is 2.96. The van der Waals surface area contributed by atoms with Gasteiger partial charge in [-0.05, 0) is 65.8 Å². The molecule has 0 saturated carbocycles. The van der Waals surface area contributed by atoms with Crippen molar-refractivity contribution >= 4 is 11.6 Å². The molecule has 2 aliphatic heterocycles.